The van der Waals surface area contributed by atoms with Crippen LogP contribution in [0.25, 0.3) is 11.2 Å². The van der Waals surface area contributed by atoms with Crippen molar-refractivity contribution >= 4 is 17.0 Å². The molecule has 7 heteroatoms. The third-order valence-corrected chi connectivity index (χ3v) is 4.60. The first-order valence-corrected chi connectivity index (χ1v) is 7.02. The summed E-state index contributed by atoms with van der Waals surface area (Å²) in [7, 11) is 0. The van der Waals surface area contributed by atoms with Crippen LogP contribution in [0.1, 0.15) is 19.3 Å². The molecule has 0 bridgehead atoms. The number of hydrogen-bond donors (Lipinski definition) is 2. The van der Waals surface area contributed by atoms with Gasteiger partial charge >= 0.3 is 0 Å². The smallest absolute Gasteiger partial charge is 0.291 e. The number of aromatic nitrogens is 4. The van der Waals surface area contributed by atoms with Crippen molar-refractivity contribution in [3.8, 4) is 0 Å². The summed E-state index contributed by atoms with van der Waals surface area (Å²) in [6.45, 7) is 3.46. The summed E-state index contributed by atoms with van der Waals surface area (Å²) < 4.78 is 5.53. The molecule has 0 aromatic carbocycles. The second kappa shape index (κ2) is 4.31. The first kappa shape index (κ1) is 11.9. The van der Waals surface area contributed by atoms with Crippen molar-refractivity contribution in [3.63, 3.8) is 0 Å². The zero-order valence-electron chi connectivity index (χ0n) is 11.2. The highest BCUT2D eigenvalue weighted by Gasteiger charge is 2.38. The molecule has 4 heterocycles. The minimum Gasteiger partial charge on any atom is -0.381 e. The number of H-pyrrole nitrogens is 2. The molecule has 2 aliphatic heterocycles. The van der Waals surface area contributed by atoms with Crippen LogP contribution in [0.4, 0.5) is 5.82 Å². The van der Waals surface area contributed by atoms with Gasteiger partial charge in [-0.2, -0.15) is 5.10 Å². The normalized spacial score (nSPS) is 21.9. The predicted octanol–water partition coefficient (Wildman–Crippen LogP) is 0.653. The zero-order chi connectivity index (χ0) is 13.6. The Morgan fingerprint density at radius 1 is 1.30 bits per heavy atom. The van der Waals surface area contributed by atoms with E-state index in [0.29, 0.717) is 22.4 Å². The van der Waals surface area contributed by atoms with E-state index in [1.54, 1.807) is 6.20 Å². The molecule has 4 rings (SSSR count). The van der Waals surface area contributed by atoms with Crippen molar-refractivity contribution in [3.05, 3.63) is 16.6 Å². The summed E-state index contributed by atoms with van der Waals surface area (Å²) in [6.07, 6.45) is 4.85. The Labute approximate surface area is 115 Å². The Hall–Kier alpha value is -1.89. The molecule has 106 valence electrons. The molecule has 0 radical (unpaired) electrons. The molecular formula is C13H17N5O2. The van der Waals surface area contributed by atoms with Crippen LogP contribution >= 0.6 is 0 Å². The first-order valence-electron chi connectivity index (χ1n) is 7.02. The van der Waals surface area contributed by atoms with E-state index >= 15 is 0 Å². The van der Waals surface area contributed by atoms with E-state index < -0.39 is 0 Å². The van der Waals surface area contributed by atoms with Gasteiger partial charge in [0.25, 0.3) is 5.56 Å². The fourth-order valence-electron chi connectivity index (χ4n) is 3.24. The minimum absolute atomic E-state index is 0.141. The summed E-state index contributed by atoms with van der Waals surface area (Å²) in [4.78, 5) is 21.4. The number of hydrogen-bond acceptors (Lipinski definition) is 5. The number of aromatic amines is 2. The summed E-state index contributed by atoms with van der Waals surface area (Å²) in [5.41, 5.74) is 1.47. The molecule has 2 N–H and O–H groups in total. The molecule has 20 heavy (non-hydrogen) atoms. The van der Waals surface area contributed by atoms with Crippen molar-refractivity contribution in [2.45, 2.75) is 19.3 Å². The SMILES string of the molecule is O=c1[nH]c2cn[nH]c2nc1N1CCC2(CCOC2)CC1. The fraction of sp³-hybridized carbons (Fsp3) is 0.615. The summed E-state index contributed by atoms with van der Waals surface area (Å²) in [6, 6.07) is 0. The van der Waals surface area contributed by atoms with Crippen LogP contribution in [0.2, 0.25) is 0 Å². The highest BCUT2D eigenvalue weighted by molar-refractivity contribution is 5.70. The first-order chi connectivity index (χ1) is 9.76. The van der Waals surface area contributed by atoms with E-state index in [1.165, 1.54) is 0 Å². The second-order valence-electron chi connectivity index (χ2n) is 5.81. The predicted molar refractivity (Wildman–Crippen MR) is 73.8 cm³/mol. The molecule has 2 fully saturated rings. The summed E-state index contributed by atoms with van der Waals surface area (Å²) in [5.74, 6) is 0.496. The molecule has 0 amide bonds. The Morgan fingerprint density at radius 2 is 2.15 bits per heavy atom. The number of ether oxygens (including phenoxy) is 1. The van der Waals surface area contributed by atoms with Gasteiger partial charge in [-0.25, -0.2) is 4.98 Å². The average Bonchev–Trinajstić information content (AvgIpc) is 3.08. The number of nitrogens with one attached hydrogen (secondary N) is 2. The van der Waals surface area contributed by atoms with E-state index in [2.05, 4.69) is 25.1 Å². The fourth-order valence-corrected chi connectivity index (χ4v) is 3.24. The van der Waals surface area contributed by atoms with Crippen LogP contribution in [0.15, 0.2) is 11.0 Å². The lowest BCUT2D eigenvalue weighted by atomic mass is 9.78. The van der Waals surface area contributed by atoms with Gasteiger partial charge in [0.05, 0.1) is 12.8 Å². The lowest BCUT2D eigenvalue weighted by Crippen LogP contribution is -2.42. The molecule has 1 spiro atoms. The topological polar surface area (TPSA) is 86.9 Å². The van der Waals surface area contributed by atoms with Crippen LogP contribution in [-0.2, 0) is 4.74 Å². The Morgan fingerprint density at radius 3 is 2.90 bits per heavy atom. The Balaban J connectivity index is 1.60. The van der Waals surface area contributed by atoms with E-state index in [-0.39, 0.29) is 5.56 Å². The van der Waals surface area contributed by atoms with Crippen LogP contribution < -0.4 is 10.5 Å². The van der Waals surface area contributed by atoms with Crippen molar-refractivity contribution < 1.29 is 4.74 Å². The van der Waals surface area contributed by atoms with E-state index in [1.807, 2.05) is 0 Å². The van der Waals surface area contributed by atoms with Crippen LogP contribution in [0.3, 0.4) is 0 Å². The van der Waals surface area contributed by atoms with Crippen molar-refractivity contribution in [1.82, 2.24) is 20.2 Å². The zero-order valence-corrected chi connectivity index (χ0v) is 11.2. The van der Waals surface area contributed by atoms with Gasteiger partial charge in [-0.15, -0.1) is 0 Å². The van der Waals surface area contributed by atoms with Gasteiger partial charge in [0, 0.05) is 19.7 Å². The van der Waals surface area contributed by atoms with Crippen LogP contribution in [0.5, 0.6) is 0 Å². The van der Waals surface area contributed by atoms with Gasteiger partial charge in [-0.3, -0.25) is 9.89 Å². The lowest BCUT2D eigenvalue weighted by molar-refractivity contribution is 0.133. The maximum atomic E-state index is 12.1. The molecule has 0 atom stereocenters. The van der Waals surface area contributed by atoms with E-state index in [9.17, 15) is 4.79 Å². The average molecular weight is 275 g/mol. The van der Waals surface area contributed by atoms with Crippen molar-refractivity contribution in [2.75, 3.05) is 31.2 Å². The lowest BCUT2D eigenvalue weighted by Gasteiger charge is -2.38. The molecule has 0 saturated carbocycles. The third-order valence-electron chi connectivity index (χ3n) is 4.60. The number of rotatable bonds is 1. The van der Waals surface area contributed by atoms with Gasteiger partial charge in [-0.05, 0) is 24.7 Å². The molecule has 2 aromatic heterocycles. The Bertz CT molecular complexity index is 675. The van der Waals surface area contributed by atoms with E-state index in [4.69, 9.17) is 4.74 Å². The molecule has 0 unspecified atom stereocenters. The van der Waals surface area contributed by atoms with Crippen LogP contribution in [0, 0.1) is 5.41 Å². The maximum absolute atomic E-state index is 12.1. The number of fused-ring (bicyclic) bond motifs is 1. The second-order valence-corrected chi connectivity index (χ2v) is 5.81. The van der Waals surface area contributed by atoms with Crippen molar-refractivity contribution in [1.29, 1.82) is 0 Å². The van der Waals surface area contributed by atoms with Crippen LogP contribution in [-0.4, -0.2) is 46.5 Å². The van der Waals surface area contributed by atoms with Gasteiger partial charge in [0.2, 0.25) is 0 Å². The van der Waals surface area contributed by atoms with Crippen molar-refractivity contribution in [2.24, 2.45) is 5.41 Å². The van der Waals surface area contributed by atoms with Gasteiger partial charge in [0.15, 0.2) is 11.5 Å². The Kier molecular flexibility index (Phi) is 2.56. The minimum atomic E-state index is -0.141. The molecule has 2 saturated heterocycles. The van der Waals surface area contributed by atoms with Gasteiger partial charge in [-0.1, -0.05) is 0 Å². The van der Waals surface area contributed by atoms with Gasteiger partial charge in [0.1, 0.15) is 5.52 Å². The number of nitrogens with zero attached hydrogens (tertiary/aromatic N) is 3. The molecular weight excluding hydrogens is 258 g/mol. The molecule has 7 nitrogen and oxygen atoms in total. The highest BCUT2D eigenvalue weighted by Crippen LogP contribution is 2.39. The summed E-state index contributed by atoms with van der Waals surface area (Å²) in [5, 5.41) is 6.69. The number of piperidine rings is 1. The monoisotopic (exact) mass is 275 g/mol. The maximum Gasteiger partial charge on any atom is 0.291 e. The van der Waals surface area contributed by atoms with E-state index in [0.717, 1.165) is 45.6 Å². The third kappa shape index (κ3) is 1.81. The largest absolute Gasteiger partial charge is 0.381 e. The summed E-state index contributed by atoms with van der Waals surface area (Å²) >= 11 is 0. The van der Waals surface area contributed by atoms with Gasteiger partial charge < -0.3 is 14.6 Å². The number of anilines is 1. The quantitative estimate of drug-likeness (QED) is 0.798. The standard InChI is InChI=1S/C13H17N5O2/c19-12-11(16-10-9(15-12)7-14-17-10)18-4-1-13(2-5-18)3-6-20-8-13/h7H,1-6,8H2,(H,15,19)(H,14,16,17). The molecule has 2 aromatic rings. The highest BCUT2D eigenvalue weighted by atomic mass is 16.5. The molecule has 0 aliphatic carbocycles. The molecule has 2 aliphatic rings.